The Labute approximate surface area is 147 Å². The molecule has 0 aliphatic heterocycles. The van der Waals surface area contributed by atoms with Crippen molar-refractivity contribution in [2.45, 2.75) is 51.1 Å². The number of nitrogens with zero attached hydrogens (tertiary/aromatic N) is 4. The van der Waals surface area contributed by atoms with Crippen LogP contribution in [0.1, 0.15) is 45.1 Å². The Morgan fingerprint density at radius 3 is 2.54 bits per heavy atom. The molecule has 3 rings (SSSR count). The van der Waals surface area contributed by atoms with Gasteiger partial charge < -0.3 is 9.88 Å². The van der Waals surface area contributed by atoms with E-state index in [0.29, 0.717) is 17.2 Å². The van der Waals surface area contributed by atoms with E-state index in [4.69, 9.17) is 0 Å². The summed E-state index contributed by atoms with van der Waals surface area (Å²) in [5, 5.41) is 3.61. The monoisotopic (exact) mass is 355 g/mol. The Balaban J connectivity index is 0.00000208. The average molecular weight is 356 g/mol. The maximum atomic E-state index is 12.5. The third-order valence-electron chi connectivity index (χ3n) is 4.96. The van der Waals surface area contributed by atoms with E-state index in [1.54, 1.807) is 13.4 Å². The number of hydrogen-bond acceptors (Lipinski definition) is 4. The highest BCUT2D eigenvalue weighted by atomic mass is 35.5. The van der Waals surface area contributed by atoms with E-state index in [2.05, 4.69) is 17.2 Å². The minimum atomic E-state index is -0.347. The van der Waals surface area contributed by atoms with E-state index >= 15 is 0 Å². The van der Waals surface area contributed by atoms with Gasteiger partial charge in [0.15, 0.2) is 11.2 Å². The first-order valence-corrected chi connectivity index (χ1v) is 8.36. The van der Waals surface area contributed by atoms with Crippen LogP contribution in [0.2, 0.25) is 0 Å². The number of rotatable bonds is 4. The molecule has 1 N–H and O–H groups in total. The molecule has 8 heteroatoms. The fourth-order valence-electron chi connectivity index (χ4n) is 3.44. The zero-order valence-corrected chi connectivity index (χ0v) is 15.3. The van der Waals surface area contributed by atoms with Crippen LogP contribution in [-0.4, -0.2) is 31.3 Å². The standard InChI is InChI=1S/C16H25N5O2.ClH/c1-11(9-17-12-7-5-4-6-8-12)21-10-18-14-13(21)15(22)20(3)16(23)19(14)2;/h10-12,17H,4-9H2,1-3H3;1H. The van der Waals surface area contributed by atoms with E-state index in [-0.39, 0.29) is 29.7 Å². The molecule has 0 bridgehead atoms. The molecule has 134 valence electrons. The largest absolute Gasteiger partial charge is 0.332 e. The average Bonchev–Trinajstić information content (AvgIpc) is 3.02. The molecule has 1 fully saturated rings. The Hall–Kier alpha value is -1.60. The highest BCUT2D eigenvalue weighted by molar-refractivity contribution is 5.85. The predicted octanol–water partition coefficient (Wildman–Crippen LogP) is 1.34. The Kier molecular flexibility index (Phi) is 5.87. The molecule has 7 nitrogen and oxygen atoms in total. The van der Waals surface area contributed by atoms with Crippen LogP contribution in [0.25, 0.3) is 11.2 Å². The quantitative estimate of drug-likeness (QED) is 0.898. The van der Waals surface area contributed by atoms with Crippen molar-refractivity contribution in [1.82, 2.24) is 24.0 Å². The molecule has 1 saturated carbocycles. The summed E-state index contributed by atoms with van der Waals surface area (Å²) >= 11 is 0. The van der Waals surface area contributed by atoms with Gasteiger partial charge in [-0.15, -0.1) is 12.4 Å². The van der Waals surface area contributed by atoms with Gasteiger partial charge in [0.05, 0.1) is 6.33 Å². The SMILES string of the molecule is CC(CNC1CCCCC1)n1cnc2c1c(=O)n(C)c(=O)n2C.Cl. The van der Waals surface area contributed by atoms with E-state index in [9.17, 15) is 9.59 Å². The topological polar surface area (TPSA) is 73.8 Å². The zero-order valence-electron chi connectivity index (χ0n) is 14.5. The molecule has 0 aromatic carbocycles. The van der Waals surface area contributed by atoms with Crippen molar-refractivity contribution >= 4 is 23.6 Å². The number of hydrogen-bond donors (Lipinski definition) is 1. The van der Waals surface area contributed by atoms with Gasteiger partial charge in [0.2, 0.25) is 0 Å². The molecular formula is C16H26ClN5O2. The Bertz CT molecular complexity index is 816. The summed E-state index contributed by atoms with van der Waals surface area (Å²) in [5.74, 6) is 0. The first-order valence-electron chi connectivity index (χ1n) is 8.36. The van der Waals surface area contributed by atoms with Crippen molar-refractivity contribution in [1.29, 1.82) is 0 Å². The molecule has 2 heterocycles. The second-order valence-corrected chi connectivity index (χ2v) is 6.62. The molecule has 1 unspecified atom stereocenters. The van der Waals surface area contributed by atoms with Crippen molar-refractivity contribution in [2.75, 3.05) is 6.54 Å². The molecule has 0 amide bonds. The lowest BCUT2D eigenvalue weighted by atomic mass is 9.95. The third-order valence-corrected chi connectivity index (χ3v) is 4.96. The molecule has 0 radical (unpaired) electrons. The van der Waals surface area contributed by atoms with Gasteiger partial charge >= 0.3 is 5.69 Å². The molecule has 0 saturated heterocycles. The summed E-state index contributed by atoms with van der Waals surface area (Å²) in [4.78, 5) is 28.7. The van der Waals surface area contributed by atoms with Crippen molar-refractivity contribution in [3.63, 3.8) is 0 Å². The number of aryl methyl sites for hydroxylation is 1. The molecule has 1 atom stereocenters. The van der Waals surface area contributed by atoms with Crippen molar-refractivity contribution in [3.05, 3.63) is 27.2 Å². The zero-order chi connectivity index (χ0) is 16.6. The minimum Gasteiger partial charge on any atom is -0.321 e. The third kappa shape index (κ3) is 3.28. The van der Waals surface area contributed by atoms with Crippen LogP contribution in [0.4, 0.5) is 0 Å². The Morgan fingerprint density at radius 1 is 1.21 bits per heavy atom. The summed E-state index contributed by atoms with van der Waals surface area (Å²) in [7, 11) is 3.15. The fourth-order valence-corrected chi connectivity index (χ4v) is 3.44. The van der Waals surface area contributed by atoms with Crippen LogP contribution in [0.15, 0.2) is 15.9 Å². The lowest BCUT2D eigenvalue weighted by Crippen LogP contribution is -2.38. The first-order chi connectivity index (χ1) is 11.0. The summed E-state index contributed by atoms with van der Waals surface area (Å²) in [6, 6.07) is 0.681. The number of imidazole rings is 1. The fraction of sp³-hybridized carbons (Fsp3) is 0.688. The van der Waals surface area contributed by atoms with Crippen LogP contribution in [0.3, 0.4) is 0 Å². The minimum absolute atomic E-state index is 0. The molecule has 1 aliphatic carbocycles. The van der Waals surface area contributed by atoms with Gasteiger partial charge in [-0.05, 0) is 19.8 Å². The lowest BCUT2D eigenvalue weighted by Gasteiger charge is -2.25. The normalized spacial score (nSPS) is 17.0. The second kappa shape index (κ2) is 7.53. The second-order valence-electron chi connectivity index (χ2n) is 6.62. The Morgan fingerprint density at radius 2 is 1.88 bits per heavy atom. The van der Waals surface area contributed by atoms with E-state index in [1.807, 2.05) is 4.57 Å². The lowest BCUT2D eigenvalue weighted by molar-refractivity contribution is 0.352. The van der Waals surface area contributed by atoms with Crippen LogP contribution >= 0.6 is 12.4 Å². The maximum Gasteiger partial charge on any atom is 0.332 e. The summed E-state index contributed by atoms with van der Waals surface area (Å²) < 4.78 is 4.45. The van der Waals surface area contributed by atoms with Gasteiger partial charge in [0.1, 0.15) is 0 Å². The number of halogens is 1. The molecular weight excluding hydrogens is 330 g/mol. The smallest absolute Gasteiger partial charge is 0.321 e. The summed E-state index contributed by atoms with van der Waals surface area (Å²) in [6.07, 6.45) is 8.05. The van der Waals surface area contributed by atoms with Crippen LogP contribution in [0.5, 0.6) is 0 Å². The van der Waals surface area contributed by atoms with Crippen molar-refractivity contribution in [2.24, 2.45) is 14.1 Å². The predicted molar refractivity (Wildman–Crippen MR) is 97.0 cm³/mol. The van der Waals surface area contributed by atoms with Crippen LogP contribution in [-0.2, 0) is 14.1 Å². The highest BCUT2D eigenvalue weighted by Gasteiger charge is 2.19. The van der Waals surface area contributed by atoms with Crippen LogP contribution in [0, 0.1) is 0 Å². The maximum absolute atomic E-state index is 12.5. The van der Waals surface area contributed by atoms with Gasteiger partial charge in [-0.25, -0.2) is 9.78 Å². The highest BCUT2D eigenvalue weighted by Crippen LogP contribution is 2.18. The molecule has 2 aromatic heterocycles. The molecule has 0 spiro atoms. The van der Waals surface area contributed by atoms with Gasteiger partial charge in [0.25, 0.3) is 5.56 Å². The molecule has 2 aromatic rings. The molecule has 1 aliphatic rings. The molecule has 24 heavy (non-hydrogen) atoms. The van der Waals surface area contributed by atoms with Crippen molar-refractivity contribution < 1.29 is 0 Å². The first kappa shape index (κ1) is 18.7. The summed E-state index contributed by atoms with van der Waals surface area (Å²) in [5.41, 5.74) is 0.306. The van der Waals surface area contributed by atoms with Crippen LogP contribution < -0.4 is 16.6 Å². The summed E-state index contributed by atoms with van der Waals surface area (Å²) in [6.45, 7) is 2.86. The van der Waals surface area contributed by atoms with E-state index in [1.165, 1.54) is 43.7 Å². The van der Waals surface area contributed by atoms with E-state index in [0.717, 1.165) is 11.1 Å². The number of aromatic nitrogens is 4. The number of fused-ring (bicyclic) bond motifs is 1. The van der Waals surface area contributed by atoms with Gasteiger partial charge in [-0.3, -0.25) is 13.9 Å². The van der Waals surface area contributed by atoms with Gasteiger partial charge in [0, 0.05) is 32.7 Å². The number of nitrogens with one attached hydrogen (secondary N) is 1. The van der Waals surface area contributed by atoms with Crippen molar-refractivity contribution in [3.8, 4) is 0 Å². The van der Waals surface area contributed by atoms with Gasteiger partial charge in [-0.2, -0.15) is 0 Å². The van der Waals surface area contributed by atoms with E-state index < -0.39 is 0 Å². The van der Waals surface area contributed by atoms with Gasteiger partial charge in [-0.1, -0.05) is 19.3 Å².